The molecular weight excluding hydrogens is 480 g/mol. The van der Waals surface area contributed by atoms with Gasteiger partial charge in [0.15, 0.2) is 9.84 Å². The lowest BCUT2D eigenvalue weighted by molar-refractivity contribution is -0.147. The van der Waals surface area contributed by atoms with Crippen molar-refractivity contribution in [3.63, 3.8) is 0 Å². The molecule has 1 aromatic carbocycles. The smallest absolute Gasteiger partial charge is 0.323 e. The minimum atomic E-state index is -3.38. The van der Waals surface area contributed by atoms with E-state index in [1.807, 2.05) is 32.9 Å². The van der Waals surface area contributed by atoms with Gasteiger partial charge in [0.2, 0.25) is 5.88 Å². The molecule has 9 nitrogen and oxygen atoms in total. The van der Waals surface area contributed by atoms with Crippen molar-refractivity contribution in [2.75, 3.05) is 19.0 Å². The summed E-state index contributed by atoms with van der Waals surface area (Å²) in [4.78, 5) is 24.5. The van der Waals surface area contributed by atoms with E-state index in [0.29, 0.717) is 22.6 Å². The Labute approximate surface area is 210 Å². The summed E-state index contributed by atoms with van der Waals surface area (Å²) in [6, 6.07) is 8.15. The monoisotopic (exact) mass is 510 g/mol. The van der Waals surface area contributed by atoms with E-state index < -0.39 is 21.8 Å². The number of fused-ring (bicyclic) bond motifs is 3. The summed E-state index contributed by atoms with van der Waals surface area (Å²) in [6.45, 7) is 7.39. The van der Waals surface area contributed by atoms with Gasteiger partial charge in [-0.3, -0.25) is 4.79 Å². The van der Waals surface area contributed by atoms with Gasteiger partial charge >= 0.3 is 5.97 Å². The van der Waals surface area contributed by atoms with Gasteiger partial charge in [-0.15, -0.1) is 0 Å². The Morgan fingerprint density at radius 2 is 1.92 bits per heavy atom. The van der Waals surface area contributed by atoms with Gasteiger partial charge in [-0.2, -0.15) is 0 Å². The highest BCUT2D eigenvalue weighted by atomic mass is 32.2. The van der Waals surface area contributed by atoms with Gasteiger partial charge in [-0.1, -0.05) is 32.9 Å². The number of carbonyl (C=O) groups is 1. The fourth-order valence-corrected chi connectivity index (χ4v) is 4.79. The van der Waals surface area contributed by atoms with Crippen LogP contribution >= 0.6 is 0 Å². The quantitative estimate of drug-likeness (QED) is 0.256. The topological polar surface area (TPSA) is 137 Å². The molecule has 0 saturated heterocycles. The van der Waals surface area contributed by atoms with Gasteiger partial charge in [0.05, 0.1) is 10.6 Å². The number of aromatic amines is 1. The third kappa shape index (κ3) is 5.05. The molecule has 0 aliphatic carbocycles. The van der Waals surface area contributed by atoms with Crippen LogP contribution in [0.5, 0.6) is 5.88 Å². The van der Waals surface area contributed by atoms with E-state index >= 15 is 0 Å². The Morgan fingerprint density at radius 1 is 1.14 bits per heavy atom. The predicted molar refractivity (Wildman–Crippen MR) is 139 cm³/mol. The molecule has 3 N–H and O–H groups in total. The number of carbonyl (C=O) groups excluding carboxylic acids is 1. The number of pyridine rings is 2. The zero-order valence-electron chi connectivity index (χ0n) is 20.7. The summed E-state index contributed by atoms with van der Waals surface area (Å²) in [5.41, 5.74) is 9.54. The highest BCUT2D eigenvalue weighted by Gasteiger charge is 2.20. The van der Waals surface area contributed by atoms with E-state index in [4.69, 9.17) is 15.2 Å². The van der Waals surface area contributed by atoms with Gasteiger partial charge in [0.25, 0.3) is 0 Å². The van der Waals surface area contributed by atoms with Gasteiger partial charge < -0.3 is 20.2 Å². The number of nitrogens with zero attached hydrogens (tertiary/aromatic N) is 2. The van der Waals surface area contributed by atoms with Crippen LogP contribution in [0.2, 0.25) is 0 Å². The summed E-state index contributed by atoms with van der Waals surface area (Å²) in [6.07, 6.45) is 3.42. The van der Waals surface area contributed by atoms with Gasteiger partial charge in [-0.25, -0.2) is 18.4 Å². The molecule has 10 heteroatoms. The molecule has 4 aromatic rings. The molecule has 0 unspecified atom stereocenters. The molecule has 3 aromatic heterocycles. The maximum absolute atomic E-state index is 12.5. The third-order valence-electron chi connectivity index (χ3n) is 6.02. The predicted octanol–water partition coefficient (Wildman–Crippen LogP) is 3.79. The van der Waals surface area contributed by atoms with Gasteiger partial charge in [-0.05, 0) is 42.2 Å². The Morgan fingerprint density at radius 3 is 2.64 bits per heavy atom. The molecule has 3 heterocycles. The second-order valence-corrected chi connectivity index (χ2v) is 11.3. The SMILES string of the molecule is CCS(=O)(=O)c1cccc(-c2cnc(OCCOC(=O)[C@@H](N)C(C)C)c3[nH]c4ncc(C)cc4c23)c1. The van der Waals surface area contributed by atoms with Crippen LogP contribution in [-0.2, 0) is 19.4 Å². The Hall–Kier alpha value is -3.50. The standard InChI is InChI=1S/C26H30N4O5S/c1-5-36(32,33)18-8-6-7-17(12-18)20-14-29-25(34-9-10-35-26(31)22(27)15(2)3)23-21(20)19-11-16(4)13-28-24(19)30-23/h6-8,11-15,22H,5,9-10,27H2,1-4H3,(H,28,30)/t22-/m0/s1. The second-order valence-electron chi connectivity index (χ2n) is 8.98. The fraction of sp³-hybridized carbons (Fsp3) is 0.346. The highest BCUT2D eigenvalue weighted by molar-refractivity contribution is 7.91. The number of aromatic nitrogens is 3. The van der Waals surface area contributed by atoms with Crippen molar-refractivity contribution in [2.45, 2.75) is 38.6 Å². The first kappa shape index (κ1) is 25.6. The first-order valence-electron chi connectivity index (χ1n) is 11.8. The lowest BCUT2D eigenvalue weighted by atomic mass is 10.0. The number of rotatable bonds is 9. The number of ether oxygens (including phenoxy) is 2. The van der Waals surface area contributed by atoms with Crippen LogP contribution in [0, 0.1) is 12.8 Å². The zero-order valence-corrected chi connectivity index (χ0v) is 21.6. The number of hydrogen-bond donors (Lipinski definition) is 2. The van der Waals surface area contributed by atoms with E-state index in [0.717, 1.165) is 21.9 Å². The Balaban J connectivity index is 1.72. The molecule has 0 spiro atoms. The summed E-state index contributed by atoms with van der Waals surface area (Å²) >= 11 is 0. The molecule has 36 heavy (non-hydrogen) atoms. The molecule has 1 atom stereocenters. The summed E-state index contributed by atoms with van der Waals surface area (Å²) in [5.74, 6) is -0.166. The molecule has 0 saturated carbocycles. The first-order chi connectivity index (χ1) is 17.1. The van der Waals surface area contributed by atoms with E-state index in [1.54, 1.807) is 37.5 Å². The van der Waals surface area contributed by atoms with Gasteiger partial charge in [0, 0.05) is 28.7 Å². The van der Waals surface area contributed by atoms with E-state index in [-0.39, 0.29) is 29.8 Å². The van der Waals surface area contributed by atoms with Crippen molar-refractivity contribution in [1.82, 2.24) is 15.0 Å². The molecule has 0 bridgehead atoms. The van der Waals surface area contributed by atoms with Crippen molar-refractivity contribution >= 4 is 37.7 Å². The maximum atomic E-state index is 12.5. The molecule has 0 aliphatic heterocycles. The van der Waals surface area contributed by atoms with Crippen molar-refractivity contribution in [1.29, 1.82) is 0 Å². The third-order valence-corrected chi connectivity index (χ3v) is 7.75. The molecule has 0 radical (unpaired) electrons. The summed E-state index contributed by atoms with van der Waals surface area (Å²) in [5, 5.41) is 1.68. The largest absolute Gasteiger partial charge is 0.473 e. The fourth-order valence-electron chi connectivity index (χ4n) is 3.87. The first-order valence-corrected chi connectivity index (χ1v) is 13.4. The van der Waals surface area contributed by atoms with Crippen molar-refractivity contribution < 1.29 is 22.7 Å². The molecule has 0 fully saturated rings. The Bertz CT molecular complexity index is 1530. The second kappa shape index (κ2) is 10.2. The molecule has 4 rings (SSSR count). The average molecular weight is 511 g/mol. The lowest BCUT2D eigenvalue weighted by Crippen LogP contribution is -2.37. The van der Waals surface area contributed by atoms with Crippen LogP contribution in [0.25, 0.3) is 33.1 Å². The molecular formula is C26H30N4O5S. The molecule has 190 valence electrons. The van der Waals surface area contributed by atoms with Crippen LogP contribution in [-0.4, -0.2) is 54.3 Å². The minimum absolute atomic E-state index is 0.0136. The minimum Gasteiger partial charge on any atom is -0.473 e. The van der Waals surface area contributed by atoms with Crippen LogP contribution in [0.15, 0.2) is 47.6 Å². The summed E-state index contributed by atoms with van der Waals surface area (Å²) < 4.78 is 36.1. The zero-order chi connectivity index (χ0) is 26.0. The Kier molecular flexibility index (Phi) is 7.28. The number of nitrogens with two attached hydrogens (primary N) is 1. The van der Waals surface area contributed by atoms with Crippen molar-refractivity contribution in [2.24, 2.45) is 11.7 Å². The van der Waals surface area contributed by atoms with Crippen LogP contribution in [0.1, 0.15) is 26.3 Å². The van der Waals surface area contributed by atoms with E-state index in [2.05, 4.69) is 15.0 Å². The van der Waals surface area contributed by atoms with Crippen LogP contribution < -0.4 is 10.5 Å². The van der Waals surface area contributed by atoms with Crippen LogP contribution in [0.4, 0.5) is 0 Å². The van der Waals surface area contributed by atoms with E-state index in [9.17, 15) is 13.2 Å². The number of H-pyrrole nitrogens is 1. The maximum Gasteiger partial charge on any atom is 0.323 e. The molecule has 0 amide bonds. The number of esters is 1. The van der Waals surface area contributed by atoms with Gasteiger partial charge in [0.1, 0.15) is 30.4 Å². The number of hydrogen-bond acceptors (Lipinski definition) is 8. The lowest BCUT2D eigenvalue weighted by Gasteiger charge is -2.15. The number of sulfone groups is 1. The normalized spacial score (nSPS) is 12.8. The average Bonchev–Trinajstić information content (AvgIpc) is 3.25. The summed E-state index contributed by atoms with van der Waals surface area (Å²) in [7, 11) is -3.38. The number of aryl methyl sites for hydroxylation is 1. The van der Waals surface area contributed by atoms with Crippen LogP contribution in [0.3, 0.4) is 0 Å². The molecule has 0 aliphatic rings. The number of benzene rings is 1. The van der Waals surface area contributed by atoms with E-state index in [1.165, 1.54) is 0 Å². The highest BCUT2D eigenvalue weighted by Crippen LogP contribution is 2.38. The van der Waals surface area contributed by atoms with Crippen molar-refractivity contribution in [3.05, 3.63) is 48.3 Å². The van der Waals surface area contributed by atoms with Crippen molar-refractivity contribution in [3.8, 4) is 17.0 Å². The number of nitrogens with one attached hydrogen (secondary N) is 1.